The summed E-state index contributed by atoms with van der Waals surface area (Å²) in [6.45, 7) is 0. The van der Waals surface area contributed by atoms with Crippen LogP contribution >= 0.6 is 11.6 Å². The molecule has 2 rings (SSSR count). The average Bonchev–Trinajstić information content (AvgIpc) is 2.28. The molecule has 0 radical (unpaired) electrons. The number of hydrogen-bond donors (Lipinski definition) is 1. The van der Waals surface area contributed by atoms with E-state index < -0.39 is 0 Å². The second-order valence-corrected chi connectivity index (χ2v) is 3.72. The molecule has 0 unspecified atom stereocenters. The lowest BCUT2D eigenvalue weighted by atomic mass is 10.1. The number of nitrogens with two attached hydrogens (primary N) is 1. The summed E-state index contributed by atoms with van der Waals surface area (Å²) in [7, 11) is 1.63. The normalized spacial score (nSPS) is 10.1. The molecule has 1 aromatic heterocycles. The molecule has 0 atom stereocenters. The molecule has 2 N–H and O–H groups in total. The van der Waals surface area contributed by atoms with Gasteiger partial charge in [0.25, 0.3) is 0 Å². The van der Waals surface area contributed by atoms with Gasteiger partial charge in [-0.25, -0.2) is 4.98 Å². The molecule has 4 heteroatoms. The SMILES string of the molecule is COc1cccc(-c2cc(N)nc(Cl)c2)c1. The Morgan fingerprint density at radius 2 is 2.00 bits per heavy atom. The molecule has 0 aliphatic rings. The Kier molecular flexibility index (Phi) is 2.97. The molecule has 2 aromatic rings. The molecule has 0 amide bonds. The highest BCUT2D eigenvalue weighted by Crippen LogP contribution is 2.26. The number of ether oxygens (including phenoxy) is 1. The second kappa shape index (κ2) is 4.41. The number of hydrogen-bond acceptors (Lipinski definition) is 3. The van der Waals surface area contributed by atoms with E-state index in [2.05, 4.69) is 4.98 Å². The molecule has 3 nitrogen and oxygen atoms in total. The summed E-state index contributed by atoms with van der Waals surface area (Å²) in [4.78, 5) is 3.91. The summed E-state index contributed by atoms with van der Waals surface area (Å²) < 4.78 is 5.16. The van der Waals surface area contributed by atoms with Crippen LogP contribution in [0.4, 0.5) is 5.82 Å². The van der Waals surface area contributed by atoms with Gasteiger partial charge in [0, 0.05) is 0 Å². The Hall–Kier alpha value is -1.74. The third kappa shape index (κ3) is 2.25. The van der Waals surface area contributed by atoms with Crippen molar-refractivity contribution in [3.05, 3.63) is 41.6 Å². The van der Waals surface area contributed by atoms with E-state index in [0.29, 0.717) is 11.0 Å². The van der Waals surface area contributed by atoms with Crippen LogP contribution in [0.15, 0.2) is 36.4 Å². The van der Waals surface area contributed by atoms with Gasteiger partial charge in [-0.2, -0.15) is 0 Å². The Morgan fingerprint density at radius 1 is 1.19 bits per heavy atom. The Labute approximate surface area is 98.8 Å². The summed E-state index contributed by atoms with van der Waals surface area (Å²) in [5, 5.41) is 0.387. The molecular weight excluding hydrogens is 224 g/mol. The fraction of sp³-hybridized carbons (Fsp3) is 0.0833. The molecule has 16 heavy (non-hydrogen) atoms. The fourth-order valence-corrected chi connectivity index (χ4v) is 1.70. The van der Waals surface area contributed by atoms with Crippen LogP contribution in [0, 0.1) is 0 Å². The quantitative estimate of drug-likeness (QED) is 0.813. The predicted molar refractivity (Wildman–Crippen MR) is 65.6 cm³/mol. The lowest BCUT2D eigenvalue weighted by Gasteiger charge is -2.05. The highest BCUT2D eigenvalue weighted by Gasteiger charge is 2.02. The van der Waals surface area contributed by atoms with Gasteiger partial charge in [0.15, 0.2) is 0 Å². The zero-order chi connectivity index (χ0) is 11.5. The van der Waals surface area contributed by atoms with Gasteiger partial charge in [0.1, 0.15) is 16.7 Å². The zero-order valence-electron chi connectivity index (χ0n) is 8.77. The molecule has 1 aromatic carbocycles. The van der Waals surface area contributed by atoms with Gasteiger partial charge in [-0.05, 0) is 35.4 Å². The number of nitrogen functional groups attached to an aromatic ring is 1. The minimum atomic E-state index is 0.387. The van der Waals surface area contributed by atoms with E-state index in [9.17, 15) is 0 Å². The zero-order valence-corrected chi connectivity index (χ0v) is 9.53. The van der Waals surface area contributed by atoms with Gasteiger partial charge in [0.05, 0.1) is 7.11 Å². The molecule has 1 heterocycles. The third-order valence-electron chi connectivity index (χ3n) is 2.22. The van der Waals surface area contributed by atoms with Crippen LogP contribution in [0.1, 0.15) is 0 Å². The summed E-state index contributed by atoms with van der Waals surface area (Å²) in [5.41, 5.74) is 7.56. The third-order valence-corrected chi connectivity index (χ3v) is 2.41. The van der Waals surface area contributed by atoms with E-state index in [1.54, 1.807) is 19.2 Å². The first-order valence-electron chi connectivity index (χ1n) is 4.76. The number of pyridine rings is 1. The molecule has 0 saturated carbocycles. The van der Waals surface area contributed by atoms with Crippen molar-refractivity contribution in [3.8, 4) is 16.9 Å². The molecule has 0 aliphatic carbocycles. The number of aromatic nitrogens is 1. The minimum absolute atomic E-state index is 0.387. The number of rotatable bonds is 2. The van der Waals surface area contributed by atoms with Crippen LogP contribution in [-0.2, 0) is 0 Å². The average molecular weight is 235 g/mol. The lowest BCUT2D eigenvalue weighted by Crippen LogP contribution is -1.91. The van der Waals surface area contributed by atoms with Gasteiger partial charge in [-0.15, -0.1) is 0 Å². The topological polar surface area (TPSA) is 48.1 Å². The maximum Gasteiger partial charge on any atom is 0.132 e. The monoisotopic (exact) mass is 234 g/mol. The fourth-order valence-electron chi connectivity index (χ4n) is 1.49. The van der Waals surface area contributed by atoms with E-state index in [-0.39, 0.29) is 0 Å². The minimum Gasteiger partial charge on any atom is -0.497 e. The Morgan fingerprint density at radius 3 is 2.69 bits per heavy atom. The van der Waals surface area contributed by atoms with E-state index in [1.165, 1.54) is 0 Å². The van der Waals surface area contributed by atoms with Crippen LogP contribution in [0.25, 0.3) is 11.1 Å². The van der Waals surface area contributed by atoms with Crippen LogP contribution < -0.4 is 10.5 Å². The maximum absolute atomic E-state index is 5.85. The number of halogens is 1. The van der Waals surface area contributed by atoms with Crippen molar-refractivity contribution in [3.63, 3.8) is 0 Å². The van der Waals surface area contributed by atoms with Crippen molar-refractivity contribution >= 4 is 17.4 Å². The first-order chi connectivity index (χ1) is 7.69. The van der Waals surface area contributed by atoms with Crippen molar-refractivity contribution in [2.45, 2.75) is 0 Å². The summed E-state index contributed by atoms with van der Waals surface area (Å²) in [6.07, 6.45) is 0. The van der Waals surface area contributed by atoms with Crippen molar-refractivity contribution in [2.24, 2.45) is 0 Å². The molecule has 0 bridgehead atoms. The van der Waals surface area contributed by atoms with Crippen LogP contribution in [0.5, 0.6) is 5.75 Å². The van der Waals surface area contributed by atoms with Crippen molar-refractivity contribution in [1.82, 2.24) is 4.98 Å². The van der Waals surface area contributed by atoms with Crippen LogP contribution in [0.3, 0.4) is 0 Å². The van der Waals surface area contributed by atoms with Crippen molar-refractivity contribution < 1.29 is 4.74 Å². The van der Waals surface area contributed by atoms with Crippen molar-refractivity contribution in [1.29, 1.82) is 0 Å². The first kappa shape index (κ1) is 10.8. The number of anilines is 1. The van der Waals surface area contributed by atoms with Crippen LogP contribution in [0.2, 0.25) is 5.15 Å². The van der Waals surface area contributed by atoms with E-state index >= 15 is 0 Å². The molecule has 0 saturated heterocycles. The van der Waals surface area contributed by atoms with E-state index in [1.807, 2.05) is 24.3 Å². The molecule has 0 spiro atoms. The van der Waals surface area contributed by atoms with Crippen molar-refractivity contribution in [2.75, 3.05) is 12.8 Å². The standard InChI is InChI=1S/C12H11ClN2O/c1-16-10-4-2-3-8(5-10)9-6-11(13)15-12(14)7-9/h2-7H,1H3,(H2,14,15). The number of nitrogens with zero attached hydrogens (tertiary/aromatic N) is 1. The Bertz CT molecular complexity index is 494. The highest BCUT2D eigenvalue weighted by molar-refractivity contribution is 6.29. The molecule has 0 fully saturated rings. The van der Waals surface area contributed by atoms with Gasteiger partial charge in [0.2, 0.25) is 0 Å². The lowest BCUT2D eigenvalue weighted by molar-refractivity contribution is 0.415. The van der Waals surface area contributed by atoms with Gasteiger partial charge in [-0.3, -0.25) is 0 Å². The van der Waals surface area contributed by atoms with Crippen LogP contribution in [-0.4, -0.2) is 12.1 Å². The predicted octanol–water partition coefficient (Wildman–Crippen LogP) is 2.99. The number of methoxy groups -OCH3 is 1. The molecule has 0 aliphatic heterocycles. The smallest absolute Gasteiger partial charge is 0.132 e. The number of benzene rings is 1. The Balaban J connectivity index is 2.49. The molecular formula is C12H11ClN2O. The largest absolute Gasteiger partial charge is 0.497 e. The second-order valence-electron chi connectivity index (χ2n) is 3.34. The van der Waals surface area contributed by atoms with E-state index in [0.717, 1.165) is 16.9 Å². The maximum atomic E-state index is 5.85. The summed E-state index contributed by atoms with van der Waals surface area (Å²) >= 11 is 5.85. The van der Waals surface area contributed by atoms with Gasteiger partial charge >= 0.3 is 0 Å². The summed E-state index contributed by atoms with van der Waals surface area (Å²) in [5.74, 6) is 1.20. The summed E-state index contributed by atoms with van der Waals surface area (Å²) in [6, 6.07) is 11.2. The molecule has 82 valence electrons. The van der Waals surface area contributed by atoms with Gasteiger partial charge < -0.3 is 10.5 Å². The first-order valence-corrected chi connectivity index (χ1v) is 5.14. The highest BCUT2D eigenvalue weighted by atomic mass is 35.5. The van der Waals surface area contributed by atoms with E-state index in [4.69, 9.17) is 22.1 Å². The van der Waals surface area contributed by atoms with Gasteiger partial charge in [-0.1, -0.05) is 23.7 Å².